The summed E-state index contributed by atoms with van der Waals surface area (Å²) in [6.07, 6.45) is 9.18. The highest BCUT2D eigenvalue weighted by atomic mass is 15.2. The minimum atomic E-state index is 0.474. The number of aromatic nitrogens is 4. The van der Waals surface area contributed by atoms with E-state index in [0.29, 0.717) is 23.7 Å². The smallest absolute Gasteiger partial charge is 0.228 e. The molecule has 0 spiro atoms. The molecule has 1 atom stereocenters. The predicted octanol–water partition coefficient (Wildman–Crippen LogP) is 2.60. The van der Waals surface area contributed by atoms with Crippen LogP contribution in [-0.2, 0) is 0 Å². The Balaban J connectivity index is 1.73. The highest BCUT2D eigenvalue weighted by molar-refractivity contribution is 5.45. The first-order valence-electron chi connectivity index (χ1n) is 7.82. The summed E-state index contributed by atoms with van der Waals surface area (Å²) in [5.74, 6) is 1.72. The molecule has 2 aromatic rings. The van der Waals surface area contributed by atoms with E-state index >= 15 is 0 Å². The molecule has 0 amide bonds. The maximum Gasteiger partial charge on any atom is 0.228 e. The summed E-state index contributed by atoms with van der Waals surface area (Å²) >= 11 is 0. The van der Waals surface area contributed by atoms with E-state index in [1.54, 1.807) is 18.6 Å². The minimum absolute atomic E-state index is 0.474. The summed E-state index contributed by atoms with van der Waals surface area (Å²) < 4.78 is 0. The average molecular weight is 298 g/mol. The topological polar surface area (TPSA) is 66.8 Å². The second-order valence-electron chi connectivity index (χ2n) is 5.95. The second-order valence-corrected chi connectivity index (χ2v) is 5.95. The summed E-state index contributed by atoms with van der Waals surface area (Å²) in [4.78, 5) is 19.7. The van der Waals surface area contributed by atoms with Gasteiger partial charge in [0.15, 0.2) is 5.82 Å². The Morgan fingerprint density at radius 3 is 2.91 bits per heavy atom. The molecule has 0 radical (unpaired) electrons. The Morgan fingerprint density at radius 2 is 2.14 bits per heavy atom. The molecular formula is C16H22N6. The maximum absolute atomic E-state index is 4.67. The molecule has 0 saturated carbocycles. The van der Waals surface area contributed by atoms with Crippen molar-refractivity contribution in [2.24, 2.45) is 0 Å². The molecule has 2 aromatic heterocycles. The molecule has 1 aliphatic heterocycles. The third-order valence-corrected chi connectivity index (χ3v) is 4.08. The number of anilines is 2. The van der Waals surface area contributed by atoms with Crippen molar-refractivity contribution in [3.63, 3.8) is 0 Å². The Morgan fingerprint density at radius 1 is 1.23 bits per heavy atom. The van der Waals surface area contributed by atoms with Crippen LogP contribution < -0.4 is 5.32 Å². The van der Waals surface area contributed by atoms with Crippen molar-refractivity contribution in [3.8, 4) is 0 Å². The van der Waals surface area contributed by atoms with Crippen LogP contribution in [0.4, 0.5) is 11.8 Å². The van der Waals surface area contributed by atoms with E-state index in [1.165, 1.54) is 19.4 Å². The molecule has 0 aliphatic carbocycles. The van der Waals surface area contributed by atoms with Crippen molar-refractivity contribution >= 4 is 11.8 Å². The lowest BCUT2D eigenvalue weighted by molar-refractivity contribution is 0.166. The lowest BCUT2D eigenvalue weighted by Gasteiger charge is -2.35. The van der Waals surface area contributed by atoms with Crippen LogP contribution in [0.15, 0.2) is 30.9 Å². The van der Waals surface area contributed by atoms with Crippen LogP contribution in [0.5, 0.6) is 0 Å². The van der Waals surface area contributed by atoms with Gasteiger partial charge in [-0.25, -0.2) is 15.0 Å². The van der Waals surface area contributed by atoms with Crippen molar-refractivity contribution in [1.82, 2.24) is 24.8 Å². The summed E-state index contributed by atoms with van der Waals surface area (Å²) in [7, 11) is 0. The first kappa shape index (κ1) is 14.8. The third kappa shape index (κ3) is 3.57. The molecule has 1 fully saturated rings. The highest BCUT2D eigenvalue weighted by Gasteiger charge is 2.24. The lowest BCUT2D eigenvalue weighted by Crippen LogP contribution is -2.39. The molecule has 0 bridgehead atoms. The maximum atomic E-state index is 4.67. The van der Waals surface area contributed by atoms with Crippen molar-refractivity contribution < 1.29 is 0 Å². The molecule has 6 heteroatoms. The molecule has 3 heterocycles. The van der Waals surface area contributed by atoms with Gasteiger partial charge in [0.25, 0.3) is 0 Å². The van der Waals surface area contributed by atoms with Gasteiger partial charge in [0.2, 0.25) is 5.95 Å². The van der Waals surface area contributed by atoms with E-state index in [1.807, 2.05) is 12.3 Å². The highest BCUT2D eigenvalue weighted by Crippen LogP contribution is 2.27. The number of rotatable bonds is 4. The summed E-state index contributed by atoms with van der Waals surface area (Å²) in [5.41, 5.74) is 1.10. The summed E-state index contributed by atoms with van der Waals surface area (Å²) in [6.45, 7) is 6.76. The standard InChI is InChI=1S/C16H22N6/c1-12(2)22-9-3-4-13(11-22)14-5-6-19-16(20-14)21-15-10-17-7-8-18-15/h5-8,10,12-13H,3-4,9,11H2,1-2H3,(H,18,19,20,21). The Hall–Kier alpha value is -2.08. The van der Waals surface area contributed by atoms with E-state index in [9.17, 15) is 0 Å². The number of hydrogen-bond donors (Lipinski definition) is 1. The summed E-state index contributed by atoms with van der Waals surface area (Å²) in [5, 5.41) is 3.11. The Labute approximate surface area is 131 Å². The Kier molecular flexibility index (Phi) is 4.58. The van der Waals surface area contributed by atoms with Crippen LogP contribution in [0.3, 0.4) is 0 Å². The molecule has 1 aliphatic rings. The van der Waals surface area contributed by atoms with Gasteiger partial charge in [-0.3, -0.25) is 4.98 Å². The number of likely N-dealkylation sites (tertiary alicyclic amines) is 1. The average Bonchev–Trinajstić information content (AvgIpc) is 2.56. The zero-order valence-corrected chi connectivity index (χ0v) is 13.1. The molecule has 1 saturated heterocycles. The number of nitrogens with zero attached hydrogens (tertiary/aromatic N) is 5. The van der Waals surface area contributed by atoms with Gasteiger partial charge < -0.3 is 10.2 Å². The normalized spacial score (nSPS) is 19.3. The molecule has 3 rings (SSSR count). The van der Waals surface area contributed by atoms with Gasteiger partial charge in [-0.2, -0.15) is 0 Å². The molecule has 1 N–H and O–H groups in total. The second kappa shape index (κ2) is 6.79. The van der Waals surface area contributed by atoms with Crippen LogP contribution in [0.25, 0.3) is 0 Å². The van der Waals surface area contributed by atoms with Crippen LogP contribution >= 0.6 is 0 Å². The molecule has 22 heavy (non-hydrogen) atoms. The fourth-order valence-electron chi connectivity index (χ4n) is 2.86. The predicted molar refractivity (Wildman–Crippen MR) is 86.0 cm³/mol. The van der Waals surface area contributed by atoms with E-state index in [2.05, 4.69) is 44.0 Å². The molecule has 116 valence electrons. The quantitative estimate of drug-likeness (QED) is 0.936. The van der Waals surface area contributed by atoms with Gasteiger partial charge in [0.05, 0.1) is 11.9 Å². The van der Waals surface area contributed by atoms with Gasteiger partial charge in [-0.15, -0.1) is 0 Å². The zero-order valence-electron chi connectivity index (χ0n) is 13.1. The van der Waals surface area contributed by atoms with Crippen molar-refractivity contribution in [2.45, 2.75) is 38.6 Å². The van der Waals surface area contributed by atoms with Gasteiger partial charge in [-0.1, -0.05) is 0 Å². The van der Waals surface area contributed by atoms with Crippen molar-refractivity contribution in [3.05, 3.63) is 36.5 Å². The molecule has 1 unspecified atom stereocenters. The first-order chi connectivity index (χ1) is 10.7. The van der Waals surface area contributed by atoms with Crippen LogP contribution in [0, 0.1) is 0 Å². The van der Waals surface area contributed by atoms with Crippen molar-refractivity contribution in [2.75, 3.05) is 18.4 Å². The van der Waals surface area contributed by atoms with Gasteiger partial charge in [0.1, 0.15) is 0 Å². The van der Waals surface area contributed by atoms with E-state index < -0.39 is 0 Å². The van der Waals surface area contributed by atoms with Gasteiger partial charge >= 0.3 is 0 Å². The number of nitrogens with one attached hydrogen (secondary N) is 1. The monoisotopic (exact) mass is 298 g/mol. The van der Waals surface area contributed by atoms with Crippen LogP contribution in [0.1, 0.15) is 38.3 Å². The largest absolute Gasteiger partial charge is 0.307 e. The van der Waals surface area contributed by atoms with Crippen molar-refractivity contribution in [1.29, 1.82) is 0 Å². The summed E-state index contributed by atoms with van der Waals surface area (Å²) in [6, 6.07) is 2.61. The molecule has 6 nitrogen and oxygen atoms in total. The fraction of sp³-hybridized carbons (Fsp3) is 0.500. The molecular weight excluding hydrogens is 276 g/mol. The van der Waals surface area contributed by atoms with E-state index in [4.69, 9.17) is 0 Å². The molecule has 0 aromatic carbocycles. The first-order valence-corrected chi connectivity index (χ1v) is 7.82. The van der Waals surface area contributed by atoms with Crippen LogP contribution in [0.2, 0.25) is 0 Å². The van der Waals surface area contributed by atoms with E-state index in [-0.39, 0.29) is 0 Å². The Bertz CT molecular complexity index is 601. The lowest BCUT2D eigenvalue weighted by atomic mass is 9.94. The van der Waals surface area contributed by atoms with Gasteiger partial charge in [0, 0.05) is 37.1 Å². The van der Waals surface area contributed by atoms with E-state index in [0.717, 1.165) is 12.2 Å². The van der Waals surface area contributed by atoms with Crippen LogP contribution in [-0.4, -0.2) is 44.0 Å². The third-order valence-electron chi connectivity index (χ3n) is 4.08. The van der Waals surface area contributed by atoms with Gasteiger partial charge in [-0.05, 0) is 39.3 Å². The fourth-order valence-corrected chi connectivity index (χ4v) is 2.86. The number of piperidine rings is 1. The zero-order chi connectivity index (χ0) is 15.4. The number of hydrogen-bond acceptors (Lipinski definition) is 6. The SMILES string of the molecule is CC(C)N1CCCC(c2ccnc(Nc3cnccn3)n2)C1. The minimum Gasteiger partial charge on any atom is -0.307 e.